The Morgan fingerprint density at radius 2 is 2.00 bits per heavy atom. The van der Waals surface area contributed by atoms with Crippen molar-refractivity contribution in [1.29, 1.82) is 0 Å². The van der Waals surface area contributed by atoms with Gasteiger partial charge < -0.3 is 20.4 Å². The van der Waals surface area contributed by atoms with Crippen molar-refractivity contribution >= 4 is 11.8 Å². The monoisotopic (exact) mass is 258 g/mol. The Balaban J connectivity index is 2.88. The highest BCUT2D eigenvalue weighted by molar-refractivity contribution is 5.43. The van der Waals surface area contributed by atoms with Crippen LogP contribution in [0.5, 0.6) is 0 Å². The lowest BCUT2D eigenvalue weighted by Crippen LogP contribution is -2.31. The van der Waals surface area contributed by atoms with Crippen molar-refractivity contribution < 1.29 is 14.6 Å². The zero-order valence-electron chi connectivity index (χ0n) is 10.4. The van der Waals surface area contributed by atoms with Crippen LogP contribution in [0, 0.1) is 5.82 Å². The Morgan fingerprint density at radius 1 is 1.33 bits per heavy atom. The molecule has 0 saturated carbocycles. The maximum Gasteiger partial charge on any atom is 0.224 e. The number of aliphatic hydroxyl groups is 2. The predicted molar refractivity (Wildman–Crippen MR) is 67.2 cm³/mol. The van der Waals surface area contributed by atoms with Crippen molar-refractivity contribution in [3.05, 3.63) is 12.0 Å². The number of aromatic nitrogens is 2. The first-order valence-corrected chi connectivity index (χ1v) is 5.96. The molecule has 1 heterocycles. The van der Waals surface area contributed by atoms with Crippen molar-refractivity contribution in [3.8, 4) is 0 Å². The molecule has 0 aromatic carbocycles. The highest BCUT2D eigenvalue weighted by atomic mass is 19.1. The molecule has 0 spiro atoms. The van der Waals surface area contributed by atoms with Gasteiger partial charge in [0, 0.05) is 19.6 Å². The van der Waals surface area contributed by atoms with Gasteiger partial charge in [0.05, 0.1) is 19.4 Å². The molecule has 0 aliphatic carbocycles. The highest BCUT2D eigenvalue weighted by Gasteiger charge is 2.14. The maximum atomic E-state index is 13.6. The normalized spacial score (nSPS) is 10.4. The molecule has 0 bridgehead atoms. The van der Waals surface area contributed by atoms with E-state index in [0.717, 1.165) is 12.6 Å². The van der Waals surface area contributed by atoms with E-state index in [1.54, 1.807) is 0 Å². The van der Waals surface area contributed by atoms with Gasteiger partial charge in [-0.25, -0.2) is 9.37 Å². The average Bonchev–Trinajstić information content (AvgIpc) is 2.37. The molecule has 1 aromatic heterocycles. The summed E-state index contributed by atoms with van der Waals surface area (Å²) >= 11 is 0. The van der Waals surface area contributed by atoms with Crippen LogP contribution in [-0.4, -0.2) is 53.0 Å². The third-order valence-corrected chi connectivity index (χ3v) is 2.30. The van der Waals surface area contributed by atoms with Crippen molar-refractivity contribution in [2.24, 2.45) is 0 Å². The maximum absolute atomic E-state index is 13.6. The van der Waals surface area contributed by atoms with Gasteiger partial charge in [0.1, 0.15) is 0 Å². The van der Waals surface area contributed by atoms with Crippen molar-refractivity contribution in [1.82, 2.24) is 9.97 Å². The van der Waals surface area contributed by atoms with E-state index in [1.165, 1.54) is 4.90 Å². The molecule has 7 heteroatoms. The van der Waals surface area contributed by atoms with E-state index in [2.05, 4.69) is 15.3 Å². The van der Waals surface area contributed by atoms with Crippen molar-refractivity contribution in [3.63, 3.8) is 0 Å². The number of nitrogens with one attached hydrogen (secondary N) is 1. The van der Waals surface area contributed by atoms with Crippen LogP contribution in [0.4, 0.5) is 16.2 Å². The number of hydrogen-bond donors (Lipinski definition) is 3. The summed E-state index contributed by atoms with van der Waals surface area (Å²) in [5, 5.41) is 20.8. The molecule has 0 aliphatic rings. The van der Waals surface area contributed by atoms with Gasteiger partial charge in [0.15, 0.2) is 11.6 Å². The van der Waals surface area contributed by atoms with Gasteiger partial charge in [0.2, 0.25) is 5.95 Å². The highest BCUT2D eigenvalue weighted by Crippen LogP contribution is 2.16. The fourth-order valence-electron chi connectivity index (χ4n) is 1.47. The van der Waals surface area contributed by atoms with E-state index in [-0.39, 0.29) is 32.1 Å². The van der Waals surface area contributed by atoms with Crippen LogP contribution in [0.25, 0.3) is 0 Å². The van der Waals surface area contributed by atoms with E-state index in [9.17, 15) is 4.39 Å². The second-order valence-electron chi connectivity index (χ2n) is 3.73. The van der Waals surface area contributed by atoms with Crippen LogP contribution in [0.15, 0.2) is 6.20 Å². The number of halogens is 1. The molecule has 0 unspecified atom stereocenters. The zero-order chi connectivity index (χ0) is 13.4. The molecule has 1 rings (SSSR count). The van der Waals surface area contributed by atoms with Crippen molar-refractivity contribution in [2.45, 2.75) is 13.3 Å². The minimum Gasteiger partial charge on any atom is -0.395 e. The summed E-state index contributed by atoms with van der Waals surface area (Å²) in [5.74, 6) is -0.139. The number of nitrogens with zero attached hydrogens (tertiary/aromatic N) is 3. The SMILES string of the molecule is CCCNc1ncc(F)c(N(CCO)CCO)n1. The first-order chi connectivity index (χ1) is 8.72. The second kappa shape index (κ2) is 7.78. The first kappa shape index (κ1) is 14.6. The Morgan fingerprint density at radius 3 is 2.56 bits per heavy atom. The Labute approximate surface area is 105 Å². The summed E-state index contributed by atoms with van der Waals surface area (Å²) in [6.45, 7) is 2.85. The number of hydrogen-bond acceptors (Lipinski definition) is 6. The zero-order valence-corrected chi connectivity index (χ0v) is 10.4. The van der Waals surface area contributed by atoms with Crippen LogP contribution in [0.1, 0.15) is 13.3 Å². The molecule has 0 amide bonds. The molecule has 102 valence electrons. The van der Waals surface area contributed by atoms with E-state index in [4.69, 9.17) is 10.2 Å². The molecule has 0 aliphatic heterocycles. The smallest absolute Gasteiger partial charge is 0.224 e. The topological polar surface area (TPSA) is 81.5 Å². The van der Waals surface area contributed by atoms with Gasteiger partial charge in [-0.05, 0) is 6.42 Å². The Bertz CT molecular complexity index is 359. The van der Waals surface area contributed by atoms with Crippen molar-refractivity contribution in [2.75, 3.05) is 43.1 Å². The number of aliphatic hydroxyl groups excluding tert-OH is 2. The van der Waals surface area contributed by atoms with E-state index >= 15 is 0 Å². The molecular formula is C11H19FN4O2. The van der Waals surface area contributed by atoms with Crippen LogP contribution >= 0.6 is 0 Å². The largest absolute Gasteiger partial charge is 0.395 e. The Kier molecular flexibility index (Phi) is 6.31. The fraction of sp³-hybridized carbons (Fsp3) is 0.636. The lowest BCUT2D eigenvalue weighted by atomic mass is 10.4. The number of anilines is 2. The van der Waals surface area contributed by atoms with Gasteiger partial charge in [0.25, 0.3) is 0 Å². The van der Waals surface area contributed by atoms with E-state index in [1.807, 2.05) is 6.92 Å². The standard InChI is InChI=1S/C11H19FN4O2/c1-2-3-13-11-14-8-9(12)10(15-11)16(4-6-17)5-7-18/h8,17-18H,2-7H2,1H3,(H,13,14,15). The van der Waals surface area contributed by atoms with Crippen LogP contribution in [0.3, 0.4) is 0 Å². The lowest BCUT2D eigenvalue weighted by Gasteiger charge is -2.22. The molecule has 1 aromatic rings. The molecule has 0 radical (unpaired) electrons. The molecular weight excluding hydrogens is 239 g/mol. The average molecular weight is 258 g/mol. The second-order valence-corrected chi connectivity index (χ2v) is 3.73. The molecule has 18 heavy (non-hydrogen) atoms. The van der Waals surface area contributed by atoms with Crippen LogP contribution in [-0.2, 0) is 0 Å². The molecule has 0 fully saturated rings. The lowest BCUT2D eigenvalue weighted by molar-refractivity contribution is 0.280. The van der Waals surface area contributed by atoms with Crippen LogP contribution < -0.4 is 10.2 Å². The first-order valence-electron chi connectivity index (χ1n) is 5.96. The number of rotatable bonds is 8. The van der Waals surface area contributed by atoms with E-state index < -0.39 is 5.82 Å². The molecule has 0 atom stereocenters. The Hall–Kier alpha value is -1.47. The summed E-state index contributed by atoms with van der Waals surface area (Å²) in [5.41, 5.74) is 0. The summed E-state index contributed by atoms with van der Waals surface area (Å²) in [7, 11) is 0. The molecule has 0 saturated heterocycles. The summed E-state index contributed by atoms with van der Waals surface area (Å²) in [6.07, 6.45) is 2.00. The van der Waals surface area contributed by atoms with Gasteiger partial charge >= 0.3 is 0 Å². The van der Waals surface area contributed by atoms with Gasteiger partial charge in [-0.1, -0.05) is 6.92 Å². The van der Waals surface area contributed by atoms with Gasteiger partial charge in [-0.2, -0.15) is 4.98 Å². The quantitative estimate of drug-likeness (QED) is 0.619. The summed E-state index contributed by atoms with van der Waals surface area (Å²) < 4.78 is 13.6. The van der Waals surface area contributed by atoms with Gasteiger partial charge in [-0.3, -0.25) is 0 Å². The third kappa shape index (κ3) is 4.08. The summed E-state index contributed by atoms with van der Waals surface area (Å²) in [4.78, 5) is 9.36. The minimum absolute atomic E-state index is 0.0895. The minimum atomic E-state index is -0.570. The third-order valence-electron chi connectivity index (χ3n) is 2.30. The predicted octanol–water partition coefficient (Wildman–Crippen LogP) is 0.229. The van der Waals surface area contributed by atoms with E-state index in [0.29, 0.717) is 12.5 Å². The van der Waals surface area contributed by atoms with Crippen LogP contribution in [0.2, 0.25) is 0 Å². The fourth-order valence-corrected chi connectivity index (χ4v) is 1.47. The summed E-state index contributed by atoms with van der Waals surface area (Å²) in [6, 6.07) is 0. The molecule has 3 N–H and O–H groups in total. The van der Waals surface area contributed by atoms with Gasteiger partial charge in [-0.15, -0.1) is 0 Å². The molecule has 6 nitrogen and oxygen atoms in total.